The summed E-state index contributed by atoms with van der Waals surface area (Å²) in [6, 6.07) is 3.14. The van der Waals surface area contributed by atoms with Gasteiger partial charge in [-0.2, -0.15) is 5.26 Å². The van der Waals surface area contributed by atoms with Crippen LogP contribution < -0.4 is 5.32 Å². The molecule has 1 N–H and O–H groups in total. The third kappa shape index (κ3) is 2.80. The van der Waals surface area contributed by atoms with Crippen LogP contribution in [0.2, 0.25) is 0 Å². The molecule has 1 saturated heterocycles. The second kappa shape index (κ2) is 5.81. The van der Waals surface area contributed by atoms with E-state index in [-0.39, 0.29) is 5.54 Å². The Balaban J connectivity index is 2.02. The van der Waals surface area contributed by atoms with Crippen LogP contribution in [0.4, 0.5) is 0 Å². The highest BCUT2D eigenvalue weighted by molar-refractivity contribution is 5.11. The van der Waals surface area contributed by atoms with E-state index < -0.39 is 0 Å². The first-order valence-corrected chi connectivity index (χ1v) is 7.97. The van der Waals surface area contributed by atoms with E-state index in [4.69, 9.17) is 0 Å². The van der Waals surface area contributed by atoms with Gasteiger partial charge in [-0.15, -0.1) is 0 Å². The molecule has 3 nitrogen and oxygen atoms in total. The van der Waals surface area contributed by atoms with Crippen molar-refractivity contribution in [2.24, 2.45) is 5.41 Å². The average molecular weight is 263 g/mol. The molecule has 2 aliphatic rings. The van der Waals surface area contributed by atoms with Gasteiger partial charge < -0.3 is 5.32 Å². The van der Waals surface area contributed by atoms with Gasteiger partial charge in [-0.05, 0) is 64.0 Å². The predicted octanol–water partition coefficient (Wildman–Crippen LogP) is 2.92. The zero-order valence-corrected chi connectivity index (χ0v) is 12.8. The van der Waals surface area contributed by atoms with Gasteiger partial charge in [0.05, 0.1) is 6.07 Å². The molecule has 1 aliphatic heterocycles. The monoisotopic (exact) mass is 263 g/mol. The van der Waals surface area contributed by atoms with Crippen molar-refractivity contribution >= 4 is 0 Å². The summed E-state index contributed by atoms with van der Waals surface area (Å²) >= 11 is 0. The number of hydrogen-bond donors (Lipinski definition) is 1. The molecule has 108 valence electrons. The number of nitrogens with one attached hydrogen (secondary N) is 1. The van der Waals surface area contributed by atoms with Crippen LogP contribution in [0.1, 0.15) is 58.8 Å². The third-order valence-electron chi connectivity index (χ3n) is 5.90. The van der Waals surface area contributed by atoms with Crippen molar-refractivity contribution in [3.63, 3.8) is 0 Å². The van der Waals surface area contributed by atoms with E-state index >= 15 is 0 Å². The fraction of sp³-hybridized carbons (Fsp3) is 0.938. The van der Waals surface area contributed by atoms with E-state index in [1.165, 1.54) is 45.2 Å². The molecule has 0 aromatic heterocycles. The molecule has 2 unspecified atom stereocenters. The largest absolute Gasteiger partial charge is 0.302 e. The SMILES string of the molecule is CCC1(CC)CCN(C2CCCC(C#N)(NC)C2)C1. The maximum absolute atomic E-state index is 9.47. The molecule has 2 fully saturated rings. The lowest BCUT2D eigenvalue weighted by molar-refractivity contribution is 0.129. The Hall–Kier alpha value is -0.590. The van der Waals surface area contributed by atoms with E-state index in [1.807, 2.05) is 7.05 Å². The normalized spacial score (nSPS) is 35.2. The van der Waals surface area contributed by atoms with E-state index in [0.29, 0.717) is 11.5 Å². The molecule has 1 saturated carbocycles. The van der Waals surface area contributed by atoms with Crippen molar-refractivity contribution in [2.45, 2.75) is 70.4 Å². The summed E-state index contributed by atoms with van der Waals surface area (Å²) in [4.78, 5) is 2.68. The summed E-state index contributed by atoms with van der Waals surface area (Å²) in [5.41, 5.74) is 0.277. The zero-order valence-electron chi connectivity index (χ0n) is 12.8. The molecule has 0 aromatic carbocycles. The minimum absolute atomic E-state index is 0.271. The van der Waals surface area contributed by atoms with Crippen molar-refractivity contribution in [3.8, 4) is 6.07 Å². The fourth-order valence-electron chi connectivity index (χ4n) is 4.05. The van der Waals surface area contributed by atoms with Gasteiger partial charge in [0.25, 0.3) is 0 Å². The van der Waals surface area contributed by atoms with E-state index in [1.54, 1.807) is 0 Å². The molecule has 19 heavy (non-hydrogen) atoms. The summed E-state index contributed by atoms with van der Waals surface area (Å²) < 4.78 is 0. The number of likely N-dealkylation sites (tertiary alicyclic amines) is 1. The Labute approximate surface area is 118 Å². The standard InChI is InChI=1S/C16H29N3/c1-4-15(5-2)9-10-19(13-15)14-7-6-8-16(11-14,12-17)18-3/h14,18H,4-11,13H2,1-3H3. The Morgan fingerprint density at radius 1 is 1.32 bits per heavy atom. The predicted molar refractivity (Wildman–Crippen MR) is 78.9 cm³/mol. The highest BCUT2D eigenvalue weighted by Gasteiger charge is 2.42. The molecule has 1 heterocycles. The van der Waals surface area contributed by atoms with Crippen molar-refractivity contribution in [2.75, 3.05) is 20.1 Å². The molecular weight excluding hydrogens is 234 g/mol. The maximum Gasteiger partial charge on any atom is 0.108 e. The maximum atomic E-state index is 9.47. The smallest absolute Gasteiger partial charge is 0.108 e. The van der Waals surface area contributed by atoms with Crippen LogP contribution >= 0.6 is 0 Å². The molecule has 3 heteroatoms. The van der Waals surface area contributed by atoms with Crippen LogP contribution in [-0.2, 0) is 0 Å². The van der Waals surface area contributed by atoms with Gasteiger partial charge in [-0.3, -0.25) is 4.90 Å². The number of nitriles is 1. The Morgan fingerprint density at radius 3 is 2.58 bits per heavy atom. The summed E-state index contributed by atoms with van der Waals surface area (Å²) in [7, 11) is 1.94. The second-order valence-corrected chi connectivity index (χ2v) is 6.62. The van der Waals surface area contributed by atoms with Crippen LogP contribution in [0, 0.1) is 16.7 Å². The van der Waals surface area contributed by atoms with Crippen molar-refractivity contribution in [1.82, 2.24) is 10.2 Å². The van der Waals surface area contributed by atoms with Gasteiger partial charge >= 0.3 is 0 Å². The van der Waals surface area contributed by atoms with E-state index in [2.05, 4.69) is 30.1 Å². The highest BCUT2D eigenvalue weighted by atomic mass is 15.2. The van der Waals surface area contributed by atoms with Crippen LogP contribution in [0.5, 0.6) is 0 Å². The number of nitrogens with zero attached hydrogens (tertiary/aromatic N) is 2. The fourth-order valence-corrected chi connectivity index (χ4v) is 4.05. The van der Waals surface area contributed by atoms with Gasteiger partial charge in [-0.25, -0.2) is 0 Å². The van der Waals surface area contributed by atoms with Gasteiger partial charge in [0.1, 0.15) is 5.54 Å². The van der Waals surface area contributed by atoms with Crippen LogP contribution in [0.15, 0.2) is 0 Å². The second-order valence-electron chi connectivity index (χ2n) is 6.62. The Bertz CT molecular complexity index is 342. The van der Waals surface area contributed by atoms with Gasteiger partial charge in [0.2, 0.25) is 0 Å². The van der Waals surface area contributed by atoms with Crippen molar-refractivity contribution < 1.29 is 0 Å². The van der Waals surface area contributed by atoms with Crippen LogP contribution in [-0.4, -0.2) is 36.6 Å². The molecule has 0 radical (unpaired) electrons. The zero-order chi connectivity index (χ0) is 13.9. The van der Waals surface area contributed by atoms with E-state index in [0.717, 1.165) is 12.8 Å². The van der Waals surface area contributed by atoms with Gasteiger partial charge in [-0.1, -0.05) is 13.8 Å². The molecule has 0 bridgehead atoms. The Kier molecular flexibility index (Phi) is 4.53. The first-order valence-electron chi connectivity index (χ1n) is 7.97. The van der Waals surface area contributed by atoms with Crippen LogP contribution in [0.3, 0.4) is 0 Å². The first kappa shape index (κ1) is 14.8. The molecule has 1 aliphatic carbocycles. The highest BCUT2D eigenvalue weighted by Crippen LogP contribution is 2.41. The van der Waals surface area contributed by atoms with E-state index in [9.17, 15) is 5.26 Å². The summed E-state index contributed by atoms with van der Waals surface area (Å²) in [5, 5.41) is 12.7. The number of hydrogen-bond acceptors (Lipinski definition) is 3. The molecule has 2 rings (SSSR count). The average Bonchev–Trinajstić information content (AvgIpc) is 2.92. The summed E-state index contributed by atoms with van der Waals surface area (Å²) in [6.07, 6.45) is 8.40. The number of rotatable bonds is 4. The lowest BCUT2D eigenvalue weighted by Crippen LogP contribution is -2.51. The minimum atomic E-state index is -0.271. The van der Waals surface area contributed by atoms with Crippen LogP contribution in [0.25, 0.3) is 0 Å². The summed E-state index contributed by atoms with van der Waals surface area (Å²) in [6.45, 7) is 7.15. The lowest BCUT2D eigenvalue weighted by atomic mass is 9.79. The topological polar surface area (TPSA) is 39.1 Å². The molecule has 0 aromatic rings. The molecule has 0 spiro atoms. The van der Waals surface area contributed by atoms with Gasteiger partial charge in [0.15, 0.2) is 0 Å². The first-order chi connectivity index (χ1) is 9.12. The van der Waals surface area contributed by atoms with Gasteiger partial charge in [0, 0.05) is 12.6 Å². The Morgan fingerprint density at radius 2 is 2.05 bits per heavy atom. The third-order valence-corrected chi connectivity index (χ3v) is 5.90. The molecular formula is C16H29N3. The van der Waals surface area contributed by atoms with Crippen molar-refractivity contribution in [3.05, 3.63) is 0 Å². The molecule has 0 amide bonds. The molecule has 2 atom stereocenters. The summed E-state index contributed by atoms with van der Waals surface area (Å²) in [5.74, 6) is 0. The van der Waals surface area contributed by atoms with Crippen molar-refractivity contribution in [1.29, 1.82) is 5.26 Å². The minimum Gasteiger partial charge on any atom is -0.302 e. The quantitative estimate of drug-likeness (QED) is 0.847. The lowest BCUT2D eigenvalue weighted by Gasteiger charge is -2.40.